The van der Waals surface area contributed by atoms with Gasteiger partial charge in [-0.25, -0.2) is 8.42 Å². The first-order valence-electron chi connectivity index (χ1n) is 8.52. The zero-order valence-electron chi connectivity index (χ0n) is 14.4. The molecule has 1 atom stereocenters. The minimum absolute atomic E-state index is 0.0165. The molecule has 1 amide bonds. The van der Waals surface area contributed by atoms with Gasteiger partial charge in [0.2, 0.25) is 15.9 Å². The van der Waals surface area contributed by atoms with E-state index in [0.29, 0.717) is 24.4 Å². The van der Waals surface area contributed by atoms with Crippen molar-refractivity contribution in [3.63, 3.8) is 0 Å². The van der Waals surface area contributed by atoms with Crippen molar-refractivity contribution in [1.29, 1.82) is 0 Å². The number of benzene rings is 1. The van der Waals surface area contributed by atoms with E-state index in [0.717, 1.165) is 10.4 Å². The van der Waals surface area contributed by atoms with Gasteiger partial charge in [0.25, 0.3) is 0 Å². The fourth-order valence-electron chi connectivity index (χ4n) is 3.58. The number of rotatable bonds is 4. The molecule has 138 valence electrons. The van der Waals surface area contributed by atoms with Crippen molar-refractivity contribution in [2.24, 2.45) is 5.41 Å². The molecular formula is C18H21N3O3S2. The third kappa shape index (κ3) is 2.87. The maximum atomic E-state index is 13.1. The van der Waals surface area contributed by atoms with Gasteiger partial charge in [0.1, 0.15) is 0 Å². The van der Waals surface area contributed by atoms with E-state index in [-0.39, 0.29) is 18.5 Å². The fourth-order valence-corrected chi connectivity index (χ4v) is 6.28. The van der Waals surface area contributed by atoms with Crippen LogP contribution in [0.15, 0.2) is 46.7 Å². The lowest BCUT2D eigenvalue weighted by atomic mass is 9.75. The van der Waals surface area contributed by atoms with Gasteiger partial charge in [-0.3, -0.25) is 4.79 Å². The highest BCUT2D eigenvalue weighted by Crippen LogP contribution is 2.37. The van der Waals surface area contributed by atoms with Gasteiger partial charge in [0.15, 0.2) is 0 Å². The molecule has 1 unspecified atom stereocenters. The van der Waals surface area contributed by atoms with Crippen molar-refractivity contribution in [3.8, 4) is 0 Å². The molecule has 26 heavy (non-hydrogen) atoms. The van der Waals surface area contributed by atoms with Crippen LogP contribution in [0.5, 0.6) is 0 Å². The van der Waals surface area contributed by atoms with Crippen LogP contribution in [0.1, 0.15) is 16.5 Å². The van der Waals surface area contributed by atoms with Crippen LogP contribution < -0.4 is 10.6 Å². The van der Waals surface area contributed by atoms with Crippen molar-refractivity contribution in [1.82, 2.24) is 14.9 Å². The second kappa shape index (κ2) is 6.45. The van der Waals surface area contributed by atoms with Crippen LogP contribution in [0.2, 0.25) is 0 Å². The molecule has 0 aliphatic carbocycles. The zero-order valence-corrected chi connectivity index (χ0v) is 16.1. The molecule has 2 aromatic rings. The van der Waals surface area contributed by atoms with Crippen molar-refractivity contribution in [2.45, 2.75) is 17.4 Å². The van der Waals surface area contributed by atoms with Gasteiger partial charge in [-0.2, -0.15) is 4.31 Å². The normalized spacial score (nSPS) is 23.7. The third-order valence-corrected chi connectivity index (χ3v) is 8.24. The average Bonchev–Trinajstić information content (AvgIpc) is 3.08. The number of carbonyl (C=O) groups excluding carboxylic acids is 1. The van der Waals surface area contributed by atoms with Crippen molar-refractivity contribution in [2.75, 3.05) is 26.7 Å². The van der Waals surface area contributed by atoms with Crippen LogP contribution >= 0.6 is 11.3 Å². The number of hydrogen-bond acceptors (Lipinski definition) is 5. The molecule has 6 nitrogen and oxygen atoms in total. The minimum atomic E-state index is -3.44. The van der Waals surface area contributed by atoms with Gasteiger partial charge < -0.3 is 10.6 Å². The number of nitrogens with one attached hydrogen (secondary N) is 2. The summed E-state index contributed by atoms with van der Waals surface area (Å²) in [5.41, 5.74) is 0.650. The summed E-state index contributed by atoms with van der Waals surface area (Å²) in [7, 11) is -1.89. The first kappa shape index (κ1) is 17.7. The molecule has 8 heteroatoms. The lowest BCUT2D eigenvalue weighted by Crippen LogP contribution is -2.63. The van der Waals surface area contributed by atoms with Crippen LogP contribution in [0, 0.1) is 5.41 Å². The maximum absolute atomic E-state index is 13.1. The molecule has 0 bridgehead atoms. The summed E-state index contributed by atoms with van der Waals surface area (Å²) in [5, 5.41) is 8.10. The number of nitrogens with zero attached hydrogens (tertiary/aromatic N) is 1. The van der Waals surface area contributed by atoms with Crippen molar-refractivity contribution in [3.05, 3.63) is 52.2 Å². The number of thiophene rings is 1. The van der Waals surface area contributed by atoms with E-state index in [1.807, 2.05) is 30.3 Å². The highest BCUT2D eigenvalue weighted by Gasteiger charge is 2.46. The molecule has 3 heterocycles. The van der Waals surface area contributed by atoms with Gasteiger partial charge >= 0.3 is 0 Å². The predicted octanol–water partition coefficient (Wildman–Crippen LogP) is 1.37. The molecule has 1 fully saturated rings. The second-order valence-electron chi connectivity index (χ2n) is 7.01. The molecular weight excluding hydrogens is 370 g/mol. The Kier molecular flexibility index (Phi) is 4.38. The maximum Gasteiger partial charge on any atom is 0.244 e. The number of hydrogen-bond donors (Lipinski definition) is 2. The Hall–Kier alpha value is -1.74. The lowest BCUT2D eigenvalue weighted by molar-refractivity contribution is -0.134. The van der Waals surface area contributed by atoms with E-state index in [1.165, 1.54) is 15.6 Å². The Bertz CT molecular complexity index is 920. The fraction of sp³-hybridized carbons (Fsp3) is 0.389. The quantitative estimate of drug-likeness (QED) is 0.825. The molecule has 1 saturated heterocycles. The van der Waals surface area contributed by atoms with Gasteiger partial charge in [0, 0.05) is 31.6 Å². The summed E-state index contributed by atoms with van der Waals surface area (Å²) in [4.78, 5) is 14.1. The summed E-state index contributed by atoms with van der Waals surface area (Å²) in [6.07, 6.45) is 0.671. The average molecular weight is 392 g/mol. The van der Waals surface area contributed by atoms with E-state index in [4.69, 9.17) is 0 Å². The Morgan fingerprint density at radius 2 is 2.04 bits per heavy atom. The van der Waals surface area contributed by atoms with Crippen LogP contribution in [-0.4, -0.2) is 45.3 Å². The zero-order chi connectivity index (χ0) is 18.4. The monoisotopic (exact) mass is 391 g/mol. The minimum Gasteiger partial charge on any atom is -0.347 e. The summed E-state index contributed by atoms with van der Waals surface area (Å²) < 4.78 is 26.1. The summed E-state index contributed by atoms with van der Waals surface area (Å²) in [6, 6.07) is 11.3. The number of sulfonamides is 1. The third-order valence-electron chi connectivity index (χ3n) is 5.20. The topological polar surface area (TPSA) is 78.5 Å². The van der Waals surface area contributed by atoms with Crippen molar-refractivity contribution >= 4 is 27.3 Å². The van der Waals surface area contributed by atoms with E-state index in [1.54, 1.807) is 18.5 Å². The predicted molar refractivity (Wildman–Crippen MR) is 100 cm³/mol. The largest absolute Gasteiger partial charge is 0.347 e. The van der Waals surface area contributed by atoms with E-state index >= 15 is 0 Å². The van der Waals surface area contributed by atoms with Gasteiger partial charge in [-0.05, 0) is 23.4 Å². The van der Waals surface area contributed by atoms with E-state index in [9.17, 15) is 13.2 Å². The Balaban J connectivity index is 1.56. The number of fused-ring (bicyclic) bond motifs is 1. The Morgan fingerprint density at radius 1 is 1.31 bits per heavy atom. The molecule has 0 radical (unpaired) electrons. The highest BCUT2D eigenvalue weighted by molar-refractivity contribution is 7.89. The molecule has 1 aromatic carbocycles. The lowest BCUT2D eigenvalue weighted by Gasteiger charge is -2.42. The standard InChI is InChI=1S/C18H21N3O3S2/c1-21-10-14(16-15(7-8-25-16)26(21,23)24)20-17(22)18(11-19-12-18)9-13-5-3-2-4-6-13/h2-8,14,19H,9-12H2,1H3,(H,20,22). The smallest absolute Gasteiger partial charge is 0.244 e. The van der Waals surface area contributed by atoms with Gasteiger partial charge in [-0.15, -0.1) is 11.3 Å². The molecule has 4 rings (SSSR count). The van der Waals surface area contributed by atoms with Gasteiger partial charge in [-0.1, -0.05) is 30.3 Å². The summed E-state index contributed by atoms with van der Waals surface area (Å²) in [5.74, 6) is -0.0165. The molecule has 0 spiro atoms. The molecule has 0 saturated carbocycles. The van der Waals surface area contributed by atoms with Crippen LogP contribution in [-0.2, 0) is 21.2 Å². The summed E-state index contributed by atoms with van der Waals surface area (Å²) in [6.45, 7) is 1.52. The molecule has 2 aliphatic rings. The van der Waals surface area contributed by atoms with Crippen molar-refractivity contribution < 1.29 is 13.2 Å². The molecule has 2 aliphatic heterocycles. The number of amides is 1. The SMILES string of the molecule is CN1CC(NC(=O)C2(Cc3ccccc3)CNC2)c2sccc2S1(=O)=O. The Morgan fingerprint density at radius 3 is 2.69 bits per heavy atom. The number of likely N-dealkylation sites (N-methyl/N-ethyl adjacent to an activating group) is 1. The van der Waals surface area contributed by atoms with E-state index in [2.05, 4.69) is 10.6 Å². The molecule has 1 aromatic heterocycles. The molecule has 2 N–H and O–H groups in total. The van der Waals surface area contributed by atoms with Gasteiger partial charge in [0.05, 0.1) is 16.4 Å². The van der Waals surface area contributed by atoms with Crippen LogP contribution in [0.4, 0.5) is 0 Å². The van der Waals surface area contributed by atoms with Crippen LogP contribution in [0.3, 0.4) is 0 Å². The number of carbonyl (C=O) groups is 1. The van der Waals surface area contributed by atoms with E-state index < -0.39 is 15.4 Å². The first-order chi connectivity index (χ1) is 12.4. The first-order valence-corrected chi connectivity index (χ1v) is 10.8. The van der Waals surface area contributed by atoms with Crippen LogP contribution in [0.25, 0.3) is 0 Å². The second-order valence-corrected chi connectivity index (χ2v) is 9.97. The summed E-state index contributed by atoms with van der Waals surface area (Å²) >= 11 is 1.38. The highest BCUT2D eigenvalue weighted by atomic mass is 32.2. The Labute approximate surface area is 157 Å².